The zero-order chi connectivity index (χ0) is 95.7. The van der Waals surface area contributed by atoms with Gasteiger partial charge in [-0.3, -0.25) is 0 Å². The lowest BCUT2D eigenvalue weighted by Crippen LogP contribution is -2.12. The van der Waals surface area contributed by atoms with E-state index in [1.165, 1.54) is 160 Å². The summed E-state index contributed by atoms with van der Waals surface area (Å²) in [6, 6.07) is 146. The Morgan fingerprint density at radius 2 is 0.387 bits per heavy atom. The van der Waals surface area contributed by atoms with E-state index < -0.39 is 0 Å². The lowest BCUT2D eigenvalue weighted by Gasteiger charge is -2.24. The predicted octanol–water partition coefficient (Wildman–Crippen LogP) is 39.1. The minimum Gasteiger partial charge on any atom is -0.456 e. The molecule has 0 saturated heterocycles. The van der Waals surface area contributed by atoms with Crippen molar-refractivity contribution < 1.29 is 22.1 Å². The van der Waals surface area contributed by atoms with E-state index in [1.54, 1.807) is 0 Å². The zero-order valence-corrected chi connectivity index (χ0v) is 82.3. The molecule has 137 heavy (non-hydrogen) atoms. The van der Waals surface area contributed by atoms with Crippen LogP contribution in [-0.4, -0.2) is 0 Å². The van der Waals surface area contributed by atoms with Crippen molar-refractivity contribution in [1.82, 2.24) is 0 Å². The van der Waals surface area contributed by atoms with Crippen LogP contribution in [0.3, 0.4) is 0 Å². The van der Waals surface area contributed by atoms with Crippen molar-refractivity contribution in [3.8, 4) is 77.9 Å². The Morgan fingerprint density at radius 1 is 0.131 bits per heavy atom. The molecule has 5 nitrogen and oxygen atoms in total. The van der Waals surface area contributed by atoms with Crippen LogP contribution in [0.25, 0.3) is 188 Å². The molecule has 0 amide bonds. The van der Waals surface area contributed by atoms with Crippen molar-refractivity contribution in [1.29, 1.82) is 0 Å². The van der Waals surface area contributed by atoms with Gasteiger partial charge in [-0.25, -0.2) is 0 Å². The molecule has 0 bridgehead atoms. The summed E-state index contributed by atoms with van der Waals surface area (Å²) < 4.78 is 30.0. The highest BCUT2D eigenvalue weighted by Crippen LogP contribution is 2.44. The van der Waals surface area contributed by atoms with Crippen molar-refractivity contribution in [2.75, 3.05) is 0 Å². The molecular weight excluding hydrogens is 1670 g/mol. The predicted molar refractivity (Wildman–Crippen MR) is 585 cm³/mol. The van der Waals surface area contributed by atoms with Gasteiger partial charge in [-0.15, -0.1) is 0 Å². The van der Waals surface area contributed by atoms with Gasteiger partial charge >= 0.3 is 0 Å². The van der Waals surface area contributed by atoms with E-state index >= 15 is 0 Å². The van der Waals surface area contributed by atoms with E-state index in [1.807, 2.05) is 60.7 Å². The van der Waals surface area contributed by atoms with Crippen molar-refractivity contribution in [2.24, 2.45) is 0 Å². The normalized spacial score (nSPS) is 12.0. The van der Waals surface area contributed by atoms with Crippen LogP contribution < -0.4 is 0 Å². The van der Waals surface area contributed by atoms with Crippen LogP contribution in [0, 0.1) is 0 Å². The molecule has 680 valence electrons. The molecule has 0 aliphatic carbocycles. The molecule has 0 aliphatic rings. The van der Waals surface area contributed by atoms with Gasteiger partial charge in [0.25, 0.3) is 0 Å². The maximum absolute atomic E-state index is 6.14. The average molecular weight is 1790 g/mol. The summed E-state index contributed by atoms with van der Waals surface area (Å²) in [5.41, 5.74) is 35.9. The number of hydrogen-bond donors (Lipinski definition) is 0. The Morgan fingerprint density at radius 3 is 0.796 bits per heavy atom. The zero-order valence-electron chi connectivity index (χ0n) is 82.3. The first-order valence-corrected chi connectivity index (χ1v) is 48.0. The molecule has 5 aromatic heterocycles. The number of benzene rings is 18. The second-order valence-corrected chi connectivity index (χ2v) is 42.4. The van der Waals surface area contributed by atoms with Crippen LogP contribution in [0.2, 0.25) is 0 Å². The summed E-state index contributed by atoms with van der Waals surface area (Å²) in [4.78, 5) is 0. The van der Waals surface area contributed by atoms with Gasteiger partial charge in [0, 0.05) is 59.4 Å². The Balaban J connectivity index is 0.000000109. The maximum Gasteiger partial charge on any atom is 0.143 e. The Labute approximate surface area is 807 Å². The standard InChI is InChI=1S/5C22H20O.C22H22/c1-22(2,3)17-8-6-7-15(13-17)16-11-12-21-19(14-16)18-9-4-5-10-20(18)23-21;1-22(2,3)17-8-6-7-15(13-17)16-11-12-19-18-9-4-5-10-20(18)23-21(19)14-16;1-22(2,3)16-13-11-15(12-14-16)17-8-6-9-19-18-7-4-5-10-20(18)23-21(17)19;1-22(2,3)17-11-8-15(9-12-17)16-10-13-21-19(14-16)18-6-4-5-7-20(18)23-21;1-22(2,3)17-11-8-15(9-12-17)16-10-13-19-18-6-4-5-7-20(18)23-21(19)14-16;1-22(2,3)21-15-14-19(17-10-6-4-7-11-17)16-20(21)18-12-8-5-9-13-18/h5*4-14H,1-3H3;4-16H,1-3H3. The Bertz CT molecular complexity index is 8180. The fraction of sp³-hybridized carbons (Fsp3) is 0.182. The summed E-state index contributed by atoms with van der Waals surface area (Å²) >= 11 is 0. The molecule has 0 atom stereocenters. The van der Waals surface area contributed by atoms with E-state index in [9.17, 15) is 0 Å². The fourth-order valence-corrected chi connectivity index (χ4v) is 18.3. The molecule has 23 aromatic rings. The van der Waals surface area contributed by atoms with Crippen molar-refractivity contribution in [2.45, 2.75) is 157 Å². The highest BCUT2D eigenvalue weighted by Gasteiger charge is 2.24. The van der Waals surface area contributed by atoms with Gasteiger partial charge in [-0.1, -0.05) is 452 Å². The third-order valence-corrected chi connectivity index (χ3v) is 26.3. The fourth-order valence-electron chi connectivity index (χ4n) is 18.3. The number of para-hydroxylation sites is 6. The van der Waals surface area contributed by atoms with Crippen LogP contribution >= 0.6 is 0 Å². The average Bonchev–Trinajstić information content (AvgIpc) is 1.62. The number of furan rings is 5. The summed E-state index contributed by atoms with van der Waals surface area (Å²) in [7, 11) is 0. The molecule has 5 heteroatoms. The minimum atomic E-state index is 0.125. The quantitative estimate of drug-likeness (QED) is 0.159. The molecule has 0 unspecified atom stereocenters. The highest BCUT2D eigenvalue weighted by molar-refractivity contribution is 6.11. The molecule has 18 aromatic carbocycles. The molecule has 0 aliphatic heterocycles. The first kappa shape index (κ1) is 92.4. The molecule has 0 saturated carbocycles. The van der Waals surface area contributed by atoms with Gasteiger partial charge in [-0.2, -0.15) is 0 Å². The van der Waals surface area contributed by atoms with Gasteiger partial charge in [0.15, 0.2) is 0 Å². The van der Waals surface area contributed by atoms with E-state index in [-0.39, 0.29) is 32.5 Å². The molecule has 23 rings (SSSR count). The molecule has 0 N–H and O–H groups in total. The Kier molecular flexibility index (Phi) is 25.6. The SMILES string of the molecule is CC(C)(C)c1ccc(-c2ccc3c(c2)oc2ccccc23)cc1.CC(C)(C)c1ccc(-c2ccc3oc4ccccc4c3c2)cc1.CC(C)(C)c1ccc(-c2cccc3c2oc2ccccc23)cc1.CC(C)(C)c1ccc(-c2ccccc2)cc1-c1ccccc1.CC(C)(C)c1cccc(-c2ccc3c(c2)oc2ccccc23)c1.CC(C)(C)c1cccc(-c2ccc3oc4ccccc4c3c2)c1. The van der Waals surface area contributed by atoms with Gasteiger partial charge in [-0.05, 0) is 223 Å². The van der Waals surface area contributed by atoms with Gasteiger partial charge in [0.2, 0.25) is 0 Å². The largest absolute Gasteiger partial charge is 0.456 e. The van der Waals surface area contributed by atoms with Crippen molar-refractivity contribution in [3.63, 3.8) is 0 Å². The van der Waals surface area contributed by atoms with Crippen LogP contribution in [0.4, 0.5) is 0 Å². The second kappa shape index (κ2) is 38.0. The van der Waals surface area contributed by atoms with Crippen LogP contribution in [0.5, 0.6) is 0 Å². The summed E-state index contributed by atoms with van der Waals surface area (Å²) in [6.07, 6.45) is 0. The number of hydrogen-bond acceptors (Lipinski definition) is 5. The molecule has 5 heterocycles. The van der Waals surface area contributed by atoms with Gasteiger partial charge < -0.3 is 22.1 Å². The number of rotatable bonds is 7. The maximum atomic E-state index is 6.14. The Hall–Kier alpha value is -15.0. The molecular formula is C132H122O5. The molecule has 0 spiro atoms. The van der Waals surface area contributed by atoms with Gasteiger partial charge in [0.05, 0.1) is 0 Å². The highest BCUT2D eigenvalue weighted by atomic mass is 16.3. The smallest absolute Gasteiger partial charge is 0.143 e. The van der Waals surface area contributed by atoms with E-state index in [2.05, 4.69) is 476 Å². The van der Waals surface area contributed by atoms with E-state index in [0.717, 1.165) is 61.4 Å². The third-order valence-electron chi connectivity index (χ3n) is 26.3. The lowest BCUT2D eigenvalue weighted by molar-refractivity contribution is 0.590. The van der Waals surface area contributed by atoms with Crippen molar-refractivity contribution >= 4 is 110 Å². The first-order valence-electron chi connectivity index (χ1n) is 48.0. The van der Waals surface area contributed by atoms with Crippen LogP contribution in [-0.2, 0) is 32.5 Å². The summed E-state index contributed by atoms with van der Waals surface area (Å²) in [5.74, 6) is 0. The van der Waals surface area contributed by atoms with E-state index in [0.29, 0.717) is 0 Å². The lowest BCUT2D eigenvalue weighted by atomic mass is 9.80. The topological polar surface area (TPSA) is 65.7 Å². The summed E-state index contributed by atoms with van der Waals surface area (Å²) in [5, 5.41) is 11.8. The minimum absolute atomic E-state index is 0.125. The van der Waals surface area contributed by atoms with E-state index in [4.69, 9.17) is 22.1 Å². The van der Waals surface area contributed by atoms with Crippen molar-refractivity contribution in [3.05, 3.63) is 446 Å². The summed E-state index contributed by atoms with van der Waals surface area (Å²) in [6.45, 7) is 40.5. The second-order valence-electron chi connectivity index (χ2n) is 42.4. The molecule has 0 fully saturated rings. The first-order chi connectivity index (χ1) is 65.7. The van der Waals surface area contributed by atoms with Gasteiger partial charge in [0.1, 0.15) is 55.8 Å². The van der Waals surface area contributed by atoms with Crippen LogP contribution in [0.15, 0.2) is 435 Å². The number of fused-ring (bicyclic) bond motifs is 15. The van der Waals surface area contributed by atoms with Crippen LogP contribution in [0.1, 0.15) is 158 Å². The monoisotopic (exact) mass is 1790 g/mol. The third kappa shape index (κ3) is 20.5. The molecule has 0 radical (unpaired) electrons.